The van der Waals surface area contributed by atoms with E-state index >= 15 is 0 Å². The van der Waals surface area contributed by atoms with Gasteiger partial charge in [0.25, 0.3) is 5.91 Å². The molecule has 0 aliphatic rings. The van der Waals surface area contributed by atoms with Gasteiger partial charge in [-0.15, -0.1) is 0 Å². The smallest absolute Gasteiger partial charge is 0.416 e. The highest BCUT2D eigenvalue weighted by Crippen LogP contribution is 2.34. The minimum absolute atomic E-state index is 0.0924. The van der Waals surface area contributed by atoms with E-state index in [2.05, 4.69) is 5.32 Å². The van der Waals surface area contributed by atoms with Gasteiger partial charge in [-0.25, -0.2) is 4.79 Å². The van der Waals surface area contributed by atoms with Crippen LogP contribution in [-0.2, 0) is 15.7 Å². The second-order valence-electron chi connectivity index (χ2n) is 6.57. The first-order valence-electron chi connectivity index (χ1n) is 9.13. The number of benzene rings is 3. The van der Waals surface area contributed by atoms with E-state index in [0.29, 0.717) is 17.2 Å². The molecule has 0 radical (unpaired) electrons. The van der Waals surface area contributed by atoms with Crippen molar-refractivity contribution in [1.29, 1.82) is 5.26 Å². The maximum absolute atomic E-state index is 13.0. The predicted octanol–water partition coefficient (Wildman–Crippen LogP) is 5.77. The third-order valence-electron chi connectivity index (χ3n) is 4.37. The molecule has 0 aromatic heterocycles. The van der Waals surface area contributed by atoms with Gasteiger partial charge in [-0.2, -0.15) is 18.4 Å². The van der Waals surface area contributed by atoms with Crippen molar-refractivity contribution in [3.05, 3.63) is 100 Å². The number of ether oxygens (including phenoxy) is 1. The van der Waals surface area contributed by atoms with Crippen molar-refractivity contribution in [2.75, 3.05) is 5.32 Å². The number of esters is 1. The lowest BCUT2D eigenvalue weighted by Crippen LogP contribution is -2.26. The number of nitrogens with zero attached hydrogens (tertiary/aromatic N) is 1. The number of hydrogen-bond acceptors (Lipinski definition) is 4. The number of carbonyl (C=O) groups excluding carboxylic acids is 2. The van der Waals surface area contributed by atoms with Gasteiger partial charge in [-0.1, -0.05) is 41.9 Å². The van der Waals surface area contributed by atoms with Gasteiger partial charge in [0, 0.05) is 5.56 Å². The molecule has 0 saturated heterocycles. The van der Waals surface area contributed by atoms with Gasteiger partial charge in [0.15, 0.2) is 0 Å². The molecule has 32 heavy (non-hydrogen) atoms. The highest BCUT2D eigenvalue weighted by atomic mass is 35.5. The lowest BCUT2D eigenvalue weighted by Gasteiger charge is -2.19. The van der Waals surface area contributed by atoms with E-state index in [-0.39, 0.29) is 16.3 Å². The van der Waals surface area contributed by atoms with Crippen molar-refractivity contribution in [3.63, 3.8) is 0 Å². The molecule has 5 nitrogen and oxygen atoms in total. The average Bonchev–Trinajstić information content (AvgIpc) is 2.78. The van der Waals surface area contributed by atoms with Crippen LogP contribution in [0.2, 0.25) is 5.02 Å². The summed E-state index contributed by atoms with van der Waals surface area (Å²) in [6.07, 6.45) is -6.10. The molecule has 0 saturated carbocycles. The number of anilines is 1. The van der Waals surface area contributed by atoms with Crippen LogP contribution < -0.4 is 5.32 Å². The average molecular weight is 459 g/mol. The molecule has 0 spiro atoms. The molecule has 0 aliphatic carbocycles. The van der Waals surface area contributed by atoms with Gasteiger partial charge in [0.1, 0.15) is 0 Å². The minimum atomic E-state index is -4.63. The lowest BCUT2D eigenvalue weighted by molar-refractivity contribution is -0.137. The third kappa shape index (κ3) is 5.45. The minimum Gasteiger partial charge on any atom is -0.444 e. The normalized spacial score (nSPS) is 11.8. The van der Waals surface area contributed by atoms with E-state index < -0.39 is 29.7 Å². The quantitative estimate of drug-likeness (QED) is 0.492. The molecule has 0 aliphatic heterocycles. The summed E-state index contributed by atoms with van der Waals surface area (Å²) >= 11 is 5.96. The molecule has 3 aromatic carbocycles. The molecule has 3 aromatic rings. The van der Waals surface area contributed by atoms with Gasteiger partial charge >= 0.3 is 12.1 Å². The summed E-state index contributed by atoms with van der Waals surface area (Å²) in [6, 6.07) is 18.0. The van der Waals surface area contributed by atoms with Crippen molar-refractivity contribution in [3.8, 4) is 6.07 Å². The standard InChI is InChI=1S/C23H14ClF3N2O3/c24-18-11-10-17(23(25,26)27)12-19(18)29-21(30)20(15-4-2-1-3-5-15)32-22(31)16-8-6-14(13-28)7-9-16/h1-12,20H,(H,29,30)/t20-/m1/s1. The van der Waals surface area contributed by atoms with Crippen LogP contribution in [0.25, 0.3) is 0 Å². The molecule has 0 bridgehead atoms. The number of nitrogens with one attached hydrogen (secondary N) is 1. The summed E-state index contributed by atoms with van der Waals surface area (Å²) in [6.45, 7) is 0. The number of rotatable bonds is 5. The second kappa shape index (κ2) is 9.54. The summed E-state index contributed by atoms with van der Waals surface area (Å²) in [7, 11) is 0. The zero-order valence-corrected chi connectivity index (χ0v) is 16.9. The highest BCUT2D eigenvalue weighted by Gasteiger charge is 2.32. The van der Waals surface area contributed by atoms with Crippen molar-refractivity contribution >= 4 is 29.2 Å². The molecule has 1 amide bonds. The molecule has 162 valence electrons. The van der Waals surface area contributed by atoms with Crippen LogP contribution in [-0.4, -0.2) is 11.9 Å². The predicted molar refractivity (Wildman–Crippen MR) is 111 cm³/mol. The first-order chi connectivity index (χ1) is 15.2. The van der Waals surface area contributed by atoms with E-state index in [1.54, 1.807) is 18.2 Å². The molecular formula is C23H14ClF3N2O3. The van der Waals surface area contributed by atoms with Crippen LogP contribution in [0.5, 0.6) is 0 Å². The SMILES string of the molecule is N#Cc1ccc(C(=O)O[C@@H](C(=O)Nc2cc(C(F)(F)F)ccc2Cl)c2ccccc2)cc1. The van der Waals surface area contributed by atoms with Crippen LogP contribution >= 0.6 is 11.6 Å². The molecule has 1 atom stereocenters. The van der Waals surface area contributed by atoms with E-state index in [9.17, 15) is 22.8 Å². The van der Waals surface area contributed by atoms with Crippen molar-refractivity contribution < 1.29 is 27.5 Å². The summed E-state index contributed by atoms with van der Waals surface area (Å²) in [5.41, 5.74) is -0.548. The Morgan fingerprint density at radius 2 is 1.66 bits per heavy atom. The number of nitriles is 1. The zero-order chi connectivity index (χ0) is 23.3. The van der Waals surface area contributed by atoms with Gasteiger partial charge in [-0.3, -0.25) is 4.79 Å². The Kier molecular flexibility index (Phi) is 6.81. The Balaban J connectivity index is 1.89. The number of halogens is 4. The van der Waals surface area contributed by atoms with Crippen LogP contribution in [0.4, 0.5) is 18.9 Å². The summed E-state index contributed by atoms with van der Waals surface area (Å²) < 4.78 is 44.5. The van der Waals surface area contributed by atoms with E-state index in [1.165, 1.54) is 36.4 Å². The molecule has 1 N–H and O–H groups in total. The fourth-order valence-corrected chi connectivity index (χ4v) is 2.92. The molecule has 0 fully saturated rings. The number of carbonyl (C=O) groups is 2. The molecule has 9 heteroatoms. The fourth-order valence-electron chi connectivity index (χ4n) is 2.75. The molecular weight excluding hydrogens is 445 g/mol. The monoisotopic (exact) mass is 458 g/mol. The van der Waals surface area contributed by atoms with Crippen molar-refractivity contribution in [2.45, 2.75) is 12.3 Å². The topological polar surface area (TPSA) is 79.2 Å². The third-order valence-corrected chi connectivity index (χ3v) is 4.70. The maximum Gasteiger partial charge on any atom is 0.416 e. The molecule has 0 unspecified atom stereocenters. The Hall–Kier alpha value is -3.83. The van der Waals surface area contributed by atoms with Gasteiger partial charge in [-0.05, 0) is 42.5 Å². The number of amides is 1. The van der Waals surface area contributed by atoms with Gasteiger partial charge in [0.05, 0.1) is 33.5 Å². The maximum atomic E-state index is 13.0. The van der Waals surface area contributed by atoms with Crippen LogP contribution in [0.3, 0.4) is 0 Å². The van der Waals surface area contributed by atoms with E-state index in [4.69, 9.17) is 21.6 Å². The summed E-state index contributed by atoms with van der Waals surface area (Å²) in [4.78, 5) is 25.5. The molecule has 3 rings (SSSR count). The van der Waals surface area contributed by atoms with Crippen LogP contribution in [0.1, 0.15) is 33.2 Å². The Labute approximate surface area is 186 Å². The summed E-state index contributed by atoms with van der Waals surface area (Å²) in [5.74, 6) is -1.74. The molecule has 0 heterocycles. The van der Waals surface area contributed by atoms with Crippen molar-refractivity contribution in [2.24, 2.45) is 0 Å². The first-order valence-corrected chi connectivity index (χ1v) is 9.50. The Morgan fingerprint density at radius 3 is 2.25 bits per heavy atom. The first kappa shape index (κ1) is 22.8. The Bertz CT molecular complexity index is 1170. The van der Waals surface area contributed by atoms with Gasteiger partial charge < -0.3 is 10.1 Å². The Morgan fingerprint density at radius 1 is 1.00 bits per heavy atom. The van der Waals surface area contributed by atoms with Crippen molar-refractivity contribution in [1.82, 2.24) is 0 Å². The largest absolute Gasteiger partial charge is 0.444 e. The van der Waals surface area contributed by atoms with Gasteiger partial charge in [0.2, 0.25) is 6.10 Å². The second-order valence-corrected chi connectivity index (χ2v) is 6.97. The zero-order valence-electron chi connectivity index (χ0n) is 16.2. The number of hydrogen-bond donors (Lipinski definition) is 1. The summed E-state index contributed by atoms with van der Waals surface area (Å²) in [5, 5.41) is 11.1. The van der Waals surface area contributed by atoms with E-state index in [0.717, 1.165) is 12.1 Å². The highest BCUT2D eigenvalue weighted by molar-refractivity contribution is 6.33. The fraction of sp³-hybridized carbons (Fsp3) is 0.0870. The van der Waals surface area contributed by atoms with Crippen LogP contribution in [0.15, 0.2) is 72.8 Å². The number of alkyl halides is 3. The lowest BCUT2D eigenvalue weighted by atomic mass is 10.1. The van der Waals surface area contributed by atoms with Crippen LogP contribution in [0, 0.1) is 11.3 Å². The van der Waals surface area contributed by atoms with E-state index in [1.807, 2.05) is 6.07 Å².